The van der Waals surface area contributed by atoms with Crippen molar-refractivity contribution in [3.8, 4) is 0 Å². The van der Waals surface area contributed by atoms with Crippen LogP contribution >= 0.6 is 0 Å². The first-order valence-corrected chi connectivity index (χ1v) is 4.43. The maximum absolute atomic E-state index is 13.1. The van der Waals surface area contributed by atoms with Crippen LogP contribution in [0.5, 0.6) is 0 Å². The summed E-state index contributed by atoms with van der Waals surface area (Å²) >= 11 is 0. The Bertz CT molecular complexity index is 288. The molecule has 14 heavy (non-hydrogen) atoms. The molecule has 1 heterocycles. The second kappa shape index (κ2) is 4.02. The smallest absolute Gasteiger partial charge is 0.151 e. The van der Waals surface area contributed by atoms with Crippen molar-refractivity contribution in [1.29, 1.82) is 0 Å². The highest BCUT2D eigenvalue weighted by atomic mass is 19.1. The summed E-state index contributed by atoms with van der Waals surface area (Å²) in [7, 11) is 0. The van der Waals surface area contributed by atoms with Crippen LogP contribution in [0.2, 0.25) is 0 Å². The van der Waals surface area contributed by atoms with E-state index in [0.29, 0.717) is 19.3 Å². The summed E-state index contributed by atoms with van der Waals surface area (Å²) in [6.07, 6.45) is 1.80. The van der Waals surface area contributed by atoms with E-state index < -0.39 is 17.5 Å². The molecule has 0 bridgehead atoms. The Labute approximate surface area is 82.4 Å². The molecule has 2 N–H and O–H groups in total. The van der Waals surface area contributed by atoms with E-state index in [4.69, 9.17) is 10.5 Å². The van der Waals surface area contributed by atoms with Crippen LogP contribution in [0.25, 0.3) is 0 Å². The molecule has 0 aromatic carbocycles. The lowest BCUT2D eigenvalue weighted by Gasteiger charge is -2.28. The van der Waals surface area contributed by atoms with Crippen LogP contribution < -0.4 is 5.73 Å². The number of allylic oxidation sites excluding steroid dienone is 1. The summed E-state index contributed by atoms with van der Waals surface area (Å²) < 4.78 is 18.2. The van der Waals surface area contributed by atoms with Gasteiger partial charge in [-0.25, -0.2) is 4.39 Å². The van der Waals surface area contributed by atoms with Crippen molar-refractivity contribution < 1.29 is 13.9 Å². The monoisotopic (exact) mass is 199 g/mol. The van der Waals surface area contributed by atoms with Gasteiger partial charge in [0.05, 0.1) is 5.54 Å². The summed E-state index contributed by atoms with van der Waals surface area (Å²) in [5, 5.41) is 0. The van der Waals surface area contributed by atoms with Gasteiger partial charge in [-0.05, 0) is 13.3 Å². The van der Waals surface area contributed by atoms with Crippen molar-refractivity contribution in [2.24, 2.45) is 5.73 Å². The van der Waals surface area contributed by atoms with Gasteiger partial charge in [0.2, 0.25) is 0 Å². The van der Waals surface area contributed by atoms with Crippen molar-refractivity contribution >= 4 is 6.29 Å². The molecular formula is C10H14FNO2. The fourth-order valence-corrected chi connectivity index (χ4v) is 1.77. The zero-order chi connectivity index (χ0) is 10.8. The number of ether oxygens (including phenoxy) is 1. The lowest BCUT2D eigenvalue weighted by Crippen LogP contribution is -2.50. The van der Waals surface area contributed by atoms with Gasteiger partial charge in [-0.15, -0.1) is 0 Å². The summed E-state index contributed by atoms with van der Waals surface area (Å²) in [4.78, 5) is 10.7. The van der Waals surface area contributed by atoms with Gasteiger partial charge in [-0.2, -0.15) is 0 Å². The Morgan fingerprint density at radius 1 is 1.79 bits per heavy atom. The first-order valence-electron chi connectivity index (χ1n) is 4.43. The lowest BCUT2D eigenvalue weighted by atomic mass is 9.84. The molecule has 2 atom stereocenters. The van der Waals surface area contributed by atoms with Gasteiger partial charge in [0.1, 0.15) is 11.9 Å². The van der Waals surface area contributed by atoms with E-state index in [0.717, 1.165) is 0 Å². The van der Waals surface area contributed by atoms with Crippen molar-refractivity contribution in [1.82, 2.24) is 0 Å². The highest BCUT2D eigenvalue weighted by molar-refractivity contribution is 5.63. The first-order chi connectivity index (χ1) is 6.56. The van der Waals surface area contributed by atoms with E-state index in [1.54, 1.807) is 6.92 Å². The van der Waals surface area contributed by atoms with Gasteiger partial charge >= 0.3 is 0 Å². The van der Waals surface area contributed by atoms with E-state index in [-0.39, 0.29) is 5.57 Å². The van der Waals surface area contributed by atoms with Crippen molar-refractivity contribution in [3.63, 3.8) is 0 Å². The van der Waals surface area contributed by atoms with E-state index in [9.17, 15) is 9.18 Å². The van der Waals surface area contributed by atoms with Crippen LogP contribution in [-0.4, -0.2) is 24.5 Å². The number of hydrogen-bond acceptors (Lipinski definition) is 3. The molecule has 1 fully saturated rings. The van der Waals surface area contributed by atoms with Crippen molar-refractivity contribution in [2.45, 2.75) is 25.0 Å². The largest absolute Gasteiger partial charge is 0.368 e. The maximum atomic E-state index is 13.1. The molecule has 1 saturated heterocycles. The first kappa shape index (κ1) is 11.1. The fraction of sp³-hybridized carbons (Fsp3) is 0.500. The number of hydrogen-bond donors (Lipinski definition) is 1. The van der Waals surface area contributed by atoms with E-state index in [2.05, 4.69) is 6.58 Å². The predicted octanol–water partition coefficient (Wildman–Crippen LogP) is 1.10. The molecule has 1 aliphatic heterocycles. The van der Waals surface area contributed by atoms with Crippen LogP contribution in [0.3, 0.4) is 0 Å². The fourth-order valence-electron chi connectivity index (χ4n) is 1.77. The molecular weight excluding hydrogens is 185 g/mol. The quantitative estimate of drug-likeness (QED) is 0.547. The average Bonchev–Trinajstić information content (AvgIpc) is 2.47. The van der Waals surface area contributed by atoms with Crippen LogP contribution in [0.4, 0.5) is 4.39 Å². The zero-order valence-electron chi connectivity index (χ0n) is 8.13. The van der Waals surface area contributed by atoms with Gasteiger partial charge in [-0.3, -0.25) is 0 Å². The van der Waals surface area contributed by atoms with E-state index >= 15 is 0 Å². The standard InChI is InChI=1S/C10H14FNO2/c1-3-8(7(2)11)10(12)4-5-14-9(10)6-13/h3,6,9H,2,4-5,12H2,1H3. The van der Waals surface area contributed by atoms with Crippen LogP contribution in [0, 0.1) is 0 Å². The number of carbonyl (C=O) groups excluding carboxylic acids is 1. The number of rotatable bonds is 3. The maximum Gasteiger partial charge on any atom is 0.151 e. The van der Waals surface area contributed by atoms with E-state index in [1.807, 2.05) is 0 Å². The highest BCUT2D eigenvalue weighted by Gasteiger charge is 2.44. The molecule has 0 aromatic heterocycles. The van der Waals surface area contributed by atoms with Gasteiger partial charge in [-0.1, -0.05) is 12.7 Å². The number of aldehydes is 1. The molecule has 78 valence electrons. The third-order valence-corrected chi connectivity index (χ3v) is 2.53. The Morgan fingerprint density at radius 3 is 2.86 bits per heavy atom. The second-order valence-corrected chi connectivity index (χ2v) is 3.33. The molecule has 0 saturated carbocycles. The summed E-state index contributed by atoms with van der Waals surface area (Å²) in [5.74, 6) is -0.604. The number of halogens is 1. The van der Waals surface area contributed by atoms with Crippen LogP contribution in [0.15, 0.2) is 24.1 Å². The van der Waals surface area contributed by atoms with Gasteiger partial charge in [0.25, 0.3) is 0 Å². The Hall–Kier alpha value is -1.00. The van der Waals surface area contributed by atoms with Crippen LogP contribution in [0.1, 0.15) is 13.3 Å². The molecule has 1 aliphatic rings. The molecule has 0 aliphatic carbocycles. The molecule has 4 heteroatoms. The molecule has 0 radical (unpaired) electrons. The van der Waals surface area contributed by atoms with Gasteiger partial charge in [0.15, 0.2) is 6.29 Å². The number of nitrogens with two attached hydrogens (primary N) is 1. The third kappa shape index (κ3) is 1.63. The predicted molar refractivity (Wildman–Crippen MR) is 51.3 cm³/mol. The van der Waals surface area contributed by atoms with Crippen LogP contribution in [-0.2, 0) is 9.53 Å². The van der Waals surface area contributed by atoms with E-state index in [1.165, 1.54) is 6.08 Å². The summed E-state index contributed by atoms with van der Waals surface area (Å²) in [5.41, 5.74) is 5.15. The zero-order valence-corrected chi connectivity index (χ0v) is 8.13. The summed E-state index contributed by atoms with van der Waals surface area (Å²) in [6.45, 7) is 5.23. The normalized spacial score (nSPS) is 33.1. The van der Waals surface area contributed by atoms with Crippen molar-refractivity contribution in [2.75, 3.05) is 6.61 Å². The lowest BCUT2D eigenvalue weighted by molar-refractivity contribution is -0.116. The minimum atomic E-state index is -1.05. The average molecular weight is 199 g/mol. The molecule has 1 rings (SSSR count). The number of carbonyl (C=O) groups is 1. The molecule has 0 amide bonds. The third-order valence-electron chi connectivity index (χ3n) is 2.53. The minimum absolute atomic E-state index is 0.257. The Balaban J connectivity index is 3.03. The highest BCUT2D eigenvalue weighted by Crippen LogP contribution is 2.33. The van der Waals surface area contributed by atoms with Gasteiger partial charge in [0, 0.05) is 12.2 Å². The minimum Gasteiger partial charge on any atom is -0.368 e. The summed E-state index contributed by atoms with van der Waals surface area (Å²) in [6, 6.07) is 0. The molecule has 0 aromatic rings. The Morgan fingerprint density at radius 2 is 2.43 bits per heavy atom. The molecule has 3 nitrogen and oxygen atoms in total. The topological polar surface area (TPSA) is 52.3 Å². The molecule has 2 unspecified atom stereocenters. The Kier molecular flexibility index (Phi) is 3.18. The second-order valence-electron chi connectivity index (χ2n) is 3.33. The van der Waals surface area contributed by atoms with Crippen molar-refractivity contribution in [3.05, 3.63) is 24.1 Å². The molecule has 0 spiro atoms. The SMILES string of the molecule is C=C(F)C(=CC)C1(N)CCOC1C=O. The van der Waals surface area contributed by atoms with Gasteiger partial charge < -0.3 is 15.3 Å².